The van der Waals surface area contributed by atoms with Gasteiger partial charge in [0.1, 0.15) is 6.04 Å². The van der Waals surface area contributed by atoms with E-state index in [1.807, 2.05) is 6.92 Å². The summed E-state index contributed by atoms with van der Waals surface area (Å²) in [7, 11) is 0. The number of hydrogen-bond acceptors (Lipinski definition) is 3. The summed E-state index contributed by atoms with van der Waals surface area (Å²) in [5.74, 6) is -0.152. The lowest BCUT2D eigenvalue weighted by Gasteiger charge is -2.48. The molecule has 4 nitrogen and oxygen atoms in total. The summed E-state index contributed by atoms with van der Waals surface area (Å²) < 4.78 is 5.92. The van der Waals surface area contributed by atoms with Crippen molar-refractivity contribution in [2.75, 3.05) is 0 Å². The first kappa shape index (κ1) is 14.8. The van der Waals surface area contributed by atoms with Crippen molar-refractivity contribution in [1.29, 1.82) is 0 Å². The summed E-state index contributed by atoms with van der Waals surface area (Å²) in [4.78, 5) is 11.2. The number of rotatable bonds is 3. The topological polar surface area (TPSA) is 58.6 Å². The van der Waals surface area contributed by atoms with Crippen LogP contribution in [0.1, 0.15) is 53.4 Å². The highest BCUT2D eigenvalue weighted by Crippen LogP contribution is 2.42. The molecule has 1 saturated heterocycles. The molecule has 2 N–H and O–H groups in total. The molecule has 110 valence electrons. The van der Waals surface area contributed by atoms with Crippen LogP contribution < -0.4 is 5.32 Å². The molecule has 0 aromatic heterocycles. The molecule has 1 heterocycles. The zero-order valence-electron chi connectivity index (χ0n) is 12.5. The van der Waals surface area contributed by atoms with Crippen LogP contribution in [-0.2, 0) is 9.53 Å². The first-order valence-electron chi connectivity index (χ1n) is 7.49. The Morgan fingerprint density at radius 2 is 2.11 bits per heavy atom. The highest BCUT2D eigenvalue weighted by Gasteiger charge is 2.44. The largest absolute Gasteiger partial charge is 0.480 e. The molecule has 0 amide bonds. The quantitative estimate of drug-likeness (QED) is 0.826. The van der Waals surface area contributed by atoms with Crippen LogP contribution in [0.15, 0.2) is 0 Å². The molecule has 0 aromatic rings. The molecular formula is C15H27NO3. The molecule has 0 spiro atoms. The van der Waals surface area contributed by atoms with Crippen LogP contribution in [0, 0.1) is 11.3 Å². The van der Waals surface area contributed by atoms with E-state index in [0.717, 1.165) is 19.3 Å². The highest BCUT2D eigenvalue weighted by atomic mass is 16.5. The Labute approximate surface area is 115 Å². The van der Waals surface area contributed by atoms with Gasteiger partial charge in [-0.15, -0.1) is 0 Å². The maximum absolute atomic E-state index is 11.2. The zero-order chi connectivity index (χ0) is 14.2. The maximum atomic E-state index is 11.2. The molecular weight excluding hydrogens is 242 g/mol. The van der Waals surface area contributed by atoms with E-state index in [1.165, 1.54) is 6.42 Å². The molecule has 2 fully saturated rings. The van der Waals surface area contributed by atoms with Crippen molar-refractivity contribution in [2.45, 2.75) is 77.7 Å². The van der Waals surface area contributed by atoms with Crippen LogP contribution in [0.2, 0.25) is 0 Å². The van der Waals surface area contributed by atoms with Crippen molar-refractivity contribution in [3.05, 3.63) is 0 Å². The van der Waals surface area contributed by atoms with Gasteiger partial charge in [-0.3, -0.25) is 10.1 Å². The van der Waals surface area contributed by atoms with Crippen LogP contribution in [-0.4, -0.2) is 35.4 Å². The van der Waals surface area contributed by atoms with Crippen molar-refractivity contribution >= 4 is 5.97 Å². The fourth-order valence-corrected chi connectivity index (χ4v) is 3.47. The van der Waals surface area contributed by atoms with Crippen molar-refractivity contribution in [3.8, 4) is 0 Å². The lowest BCUT2D eigenvalue weighted by molar-refractivity contribution is -0.156. The number of hydrogen-bond donors (Lipinski definition) is 2. The highest BCUT2D eigenvalue weighted by molar-refractivity contribution is 5.74. The summed E-state index contributed by atoms with van der Waals surface area (Å²) in [5, 5.41) is 12.5. The molecule has 2 aliphatic rings. The van der Waals surface area contributed by atoms with Gasteiger partial charge in [-0.05, 0) is 37.5 Å². The molecule has 2 rings (SSSR count). The standard InChI is InChI=1S/C15H27NO3/c1-5-15(3,4)10-6-7-12-11(8-10)16-13(14(17)18)9(2)19-12/h9-13,16H,5-8H2,1-4H3,(H,17,18). The Hall–Kier alpha value is -0.610. The summed E-state index contributed by atoms with van der Waals surface area (Å²) in [6, 6.07) is -0.369. The third-order valence-electron chi connectivity index (χ3n) is 5.32. The Morgan fingerprint density at radius 3 is 2.68 bits per heavy atom. The summed E-state index contributed by atoms with van der Waals surface area (Å²) in [6.07, 6.45) is 4.37. The predicted molar refractivity (Wildman–Crippen MR) is 74.1 cm³/mol. The van der Waals surface area contributed by atoms with Gasteiger partial charge >= 0.3 is 5.97 Å². The Bertz CT molecular complexity index is 342. The average molecular weight is 269 g/mol. The third kappa shape index (κ3) is 2.95. The average Bonchev–Trinajstić information content (AvgIpc) is 2.37. The molecule has 0 aromatic carbocycles. The smallest absolute Gasteiger partial charge is 0.323 e. The summed E-state index contributed by atoms with van der Waals surface area (Å²) in [6.45, 7) is 8.72. The first-order valence-corrected chi connectivity index (χ1v) is 7.49. The maximum Gasteiger partial charge on any atom is 0.323 e. The van der Waals surface area contributed by atoms with E-state index in [9.17, 15) is 9.90 Å². The van der Waals surface area contributed by atoms with E-state index in [1.54, 1.807) is 0 Å². The van der Waals surface area contributed by atoms with Crippen molar-refractivity contribution < 1.29 is 14.6 Å². The Morgan fingerprint density at radius 1 is 1.42 bits per heavy atom. The summed E-state index contributed by atoms with van der Waals surface area (Å²) in [5.41, 5.74) is 0.328. The van der Waals surface area contributed by atoms with E-state index >= 15 is 0 Å². The molecule has 5 atom stereocenters. The Kier molecular flexibility index (Phi) is 4.21. The van der Waals surface area contributed by atoms with Gasteiger partial charge in [0.2, 0.25) is 0 Å². The number of aliphatic carboxylic acids is 1. The lowest BCUT2D eigenvalue weighted by atomic mass is 9.67. The van der Waals surface area contributed by atoms with Gasteiger partial charge in [0.25, 0.3) is 0 Å². The van der Waals surface area contributed by atoms with Crippen LogP contribution in [0.3, 0.4) is 0 Å². The SMILES string of the molecule is CCC(C)(C)C1CCC2OC(C)C(C(=O)O)NC2C1. The molecule has 1 aliphatic carbocycles. The number of carboxylic acid groups (broad SMARTS) is 1. The zero-order valence-corrected chi connectivity index (χ0v) is 12.5. The molecule has 5 unspecified atom stereocenters. The second-order valence-electron chi connectivity index (χ2n) is 6.82. The number of carbonyl (C=O) groups is 1. The van der Waals surface area contributed by atoms with E-state index < -0.39 is 12.0 Å². The Balaban J connectivity index is 2.05. The van der Waals surface area contributed by atoms with Crippen molar-refractivity contribution in [3.63, 3.8) is 0 Å². The summed E-state index contributed by atoms with van der Waals surface area (Å²) >= 11 is 0. The van der Waals surface area contributed by atoms with E-state index in [0.29, 0.717) is 11.3 Å². The minimum Gasteiger partial charge on any atom is -0.480 e. The monoisotopic (exact) mass is 269 g/mol. The fraction of sp³-hybridized carbons (Fsp3) is 0.933. The molecule has 0 radical (unpaired) electrons. The van der Waals surface area contributed by atoms with Gasteiger partial charge < -0.3 is 9.84 Å². The van der Waals surface area contributed by atoms with Gasteiger partial charge in [0.05, 0.1) is 12.2 Å². The van der Waals surface area contributed by atoms with Gasteiger partial charge in [-0.1, -0.05) is 27.2 Å². The second kappa shape index (κ2) is 5.41. The van der Waals surface area contributed by atoms with Crippen molar-refractivity contribution in [2.24, 2.45) is 11.3 Å². The van der Waals surface area contributed by atoms with E-state index in [4.69, 9.17) is 4.74 Å². The first-order chi connectivity index (χ1) is 8.85. The number of carboxylic acids is 1. The molecule has 4 heteroatoms. The molecule has 1 saturated carbocycles. The van der Waals surface area contributed by atoms with Gasteiger partial charge in [-0.2, -0.15) is 0 Å². The van der Waals surface area contributed by atoms with Crippen LogP contribution >= 0.6 is 0 Å². The second-order valence-corrected chi connectivity index (χ2v) is 6.82. The number of morpholine rings is 1. The van der Waals surface area contributed by atoms with Crippen molar-refractivity contribution in [1.82, 2.24) is 5.32 Å². The molecule has 19 heavy (non-hydrogen) atoms. The predicted octanol–water partition coefficient (Wildman–Crippen LogP) is 2.42. The number of nitrogens with one attached hydrogen (secondary N) is 1. The number of fused-ring (bicyclic) bond motifs is 1. The lowest BCUT2D eigenvalue weighted by Crippen LogP contribution is -2.62. The third-order valence-corrected chi connectivity index (χ3v) is 5.32. The normalized spacial score (nSPS) is 39.7. The van der Waals surface area contributed by atoms with Crippen LogP contribution in [0.4, 0.5) is 0 Å². The van der Waals surface area contributed by atoms with Gasteiger partial charge in [-0.25, -0.2) is 0 Å². The van der Waals surface area contributed by atoms with Crippen LogP contribution in [0.25, 0.3) is 0 Å². The van der Waals surface area contributed by atoms with Gasteiger partial charge in [0.15, 0.2) is 0 Å². The van der Waals surface area contributed by atoms with E-state index in [-0.39, 0.29) is 18.2 Å². The molecule has 0 bridgehead atoms. The van der Waals surface area contributed by atoms with E-state index in [2.05, 4.69) is 26.1 Å². The van der Waals surface area contributed by atoms with Gasteiger partial charge in [0, 0.05) is 6.04 Å². The minimum absolute atomic E-state index is 0.189. The van der Waals surface area contributed by atoms with Crippen LogP contribution in [0.5, 0.6) is 0 Å². The number of ether oxygens (including phenoxy) is 1. The molecule has 1 aliphatic heterocycles. The minimum atomic E-state index is -0.803. The fourth-order valence-electron chi connectivity index (χ4n) is 3.47.